The lowest BCUT2D eigenvalue weighted by Crippen LogP contribution is -2.00. The van der Waals surface area contributed by atoms with Crippen molar-refractivity contribution >= 4 is 21.8 Å². The van der Waals surface area contributed by atoms with Crippen LogP contribution in [0.25, 0.3) is 21.8 Å². The summed E-state index contributed by atoms with van der Waals surface area (Å²) in [7, 11) is 0. The van der Waals surface area contributed by atoms with E-state index >= 15 is 0 Å². The second kappa shape index (κ2) is 6.87. The second-order valence-corrected chi connectivity index (χ2v) is 5.96. The molecule has 2 heterocycles. The highest BCUT2D eigenvalue weighted by Crippen LogP contribution is 2.32. The molecule has 0 bridgehead atoms. The Morgan fingerprint density at radius 1 is 0.727 bits per heavy atom. The first-order chi connectivity index (χ1) is 10.9. The van der Waals surface area contributed by atoms with Gasteiger partial charge in [-0.1, -0.05) is 38.8 Å². The van der Waals surface area contributed by atoms with Crippen molar-refractivity contribution in [2.45, 2.75) is 52.4 Å². The van der Waals surface area contributed by atoms with Crippen LogP contribution in [0.2, 0.25) is 0 Å². The van der Waals surface area contributed by atoms with Crippen LogP contribution in [-0.4, -0.2) is 9.97 Å². The molecule has 0 amide bonds. The second-order valence-electron chi connectivity index (χ2n) is 5.96. The maximum atomic E-state index is 4.64. The monoisotopic (exact) mass is 292 g/mol. The smallest absolute Gasteiger partial charge is 0.0967 e. The number of nitrogens with zero attached hydrogens (tertiary/aromatic N) is 2. The van der Waals surface area contributed by atoms with Gasteiger partial charge in [-0.15, -0.1) is 0 Å². The standard InChI is InChI=1S/C20H24N2/c1-3-5-9-15-16(10-6-4-2)18-12-8-14-22-20(18)19-17(15)11-7-13-21-19/h7-8,11-14H,3-6,9-10H2,1-2H3. The van der Waals surface area contributed by atoms with Gasteiger partial charge in [0.15, 0.2) is 0 Å². The van der Waals surface area contributed by atoms with Gasteiger partial charge in [-0.25, -0.2) is 0 Å². The van der Waals surface area contributed by atoms with Gasteiger partial charge in [0.25, 0.3) is 0 Å². The number of fused-ring (bicyclic) bond motifs is 3. The molecule has 2 aromatic heterocycles. The number of benzene rings is 1. The summed E-state index contributed by atoms with van der Waals surface area (Å²) in [6, 6.07) is 8.54. The van der Waals surface area contributed by atoms with E-state index in [4.69, 9.17) is 0 Å². The van der Waals surface area contributed by atoms with Gasteiger partial charge >= 0.3 is 0 Å². The van der Waals surface area contributed by atoms with E-state index in [1.165, 1.54) is 47.6 Å². The van der Waals surface area contributed by atoms with Crippen molar-refractivity contribution in [3.05, 3.63) is 47.8 Å². The first kappa shape index (κ1) is 15.0. The minimum absolute atomic E-state index is 1.06. The Morgan fingerprint density at radius 2 is 1.18 bits per heavy atom. The summed E-state index contributed by atoms with van der Waals surface area (Å²) in [5, 5.41) is 2.60. The maximum Gasteiger partial charge on any atom is 0.0967 e. The van der Waals surface area contributed by atoms with Crippen LogP contribution in [0.4, 0.5) is 0 Å². The van der Waals surface area contributed by atoms with Gasteiger partial charge in [0.1, 0.15) is 0 Å². The van der Waals surface area contributed by atoms with Gasteiger partial charge in [0.05, 0.1) is 11.0 Å². The maximum absolute atomic E-state index is 4.64. The molecule has 0 N–H and O–H groups in total. The predicted molar refractivity (Wildman–Crippen MR) is 94.3 cm³/mol. The summed E-state index contributed by atoms with van der Waals surface area (Å²) >= 11 is 0. The average Bonchev–Trinajstić information content (AvgIpc) is 2.58. The van der Waals surface area contributed by atoms with E-state index in [0.29, 0.717) is 0 Å². The number of hydrogen-bond donors (Lipinski definition) is 0. The first-order valence-corrected chi connectivity index (χ1v) is 8.50. The number of pyridine rings is 2. The van der Waals surface area contributed by atoms with Gasteiger partial charge in [0, 0.05) is 23.2 Å². The van der Waals surface area contributed by atoms with Crippen molar-refractivity contribution in [1.82, 2.24) is 9.97 Å². The topological polar surface area (TPSA) is 25.8 Å². The lowest BCUT2D eigenvalue weighted by Gasteiger charge is -2.16. The number of aryl methyl sites for hydroxylation is 2. The van der Waals surface area contributed by atoms with Crippen LogP contribution < -0.4 is 0 Å². The highest BCUT2D eigenvalue weighted by molar-refractivity contribution is 6.06. The van der Waals surface area contributed by atoms with E-state index in [1.807, 2.05) is 12.4 Å². The van der Waals surface area contributed by atoms with E-state index in [0.717, 1.165) is 23.9 Å². The van der Waals surface area contributed by atoms with Gasteiger partial charge in [0.2, 0.25) is 0 Å². The molecule has 0 aliphatic rings. The van der Waals surface area contributed by atoms with Crippen LogP contribution in [0, 0.1) is 0 Å². The molecule has 0 aliphatic carbocycles. The summed E-state index contributed by atoms with van der Waals surface area (Å²) in [5.74, 6) is 0. The fraction of sp³-hybridized carbons (Fsp3) is 0.400. The Bertz CT molecular complexity index is 710. The zero-order chi connectivity index (χ0) is 15.4. The third kappa shape index (κ3) is 2.70. The fourth-order valence-electron chi connectivity index (χ4n) is 3.28. The molecule has 3 rings (SSSR count). The number of rotatable bonds is 6. The molecule has 0 saturated heterocycles. The van der Waals surface area contributed by atoms with Crippen molar-refractivity contribution in [3.8, 4) is 0 Å². The van der Waals surface area contributed by atoms with Crippen molar-refractivity contribution in [3.63, 3.8) is 0 Å². The fourth-order valence-corrected chi connectivity index (χ4v) is 3.28. The van der Waals surface area contributed by atoms with E-state index in [2.05, 4.69) is 48.1 Å². The van der Waals surface area contributed by atoms with Crippen molar-refractivity contribution in [2.24, 2.45) is 0 Å². The Balaban J connectivity index is 2.32. The molecule has 0 spiro atoms. The zero-order valence-corrected chi connectivity index (χ0v) is 13.6. The van der Waals surface area contributed by atoms with E-state index in [-0.39, 0.29) is 0 Å². The lowest BCUT2D eigenvalue weighted by molar-refractivity contribution is 0.765. The van der Waals surface area contributed by atoms with Crippen molar-refractivity contribution < 1.29 is 0 Å². The molecule has 0 saturated carbocycles. The molecule has 0 radical (unpaired) electrons. The van der Waals surface area contributed by atoms with Crippen molar-refractivity contribution in [2.75, 3.05) is 0 Å². The minimum atomic E-state index is 1.06. The van der Waals surface area contributed by atoms with E-state index in [1.54, 1.807) is 0 Å². The molecular formula is C20H24N2. The summed E-state index contributed by atoms with van der Waals surface area (Å²) in [6.45, 7) is 4.52. The largest absolute Gasteiger partial charge is 0.254 e. The Labute approximate surface area is 132 Å². The van der Waals surface area contributed by atoms with E-state index < -0.39 is 0 Å². The highest BCUT2D eigenvalue weighted by Gasteiger charge is 2.14. The Kier molecular flexibility index (Phi) is 4.67. The van der Waals surface area contributed by atoms with Crippen LogP contribution >= 0.6 is 0 Å². The van der Waals surface area contributed by atoms with Gasteiger partial charge < -0.3 is 0 Å². The molecule has 2 heteroatoms. The number of aromatic nitrogens is 2. The molecule has 1 aromatic carbocycles. The zero-order valence-electron chi connectivity index (χ0n) is 13.6. The summed E-state index contributed by atoms with van der Waals surface area (Å²) in [4.78, 5) is 9.27. The van der Waals surface area contributed by atoms with Crippen LogP contribution in [0.3, 0.4) is 0 Å². The predicted octanol–water partition coefficient (Wildman–Crippen LogP) is 5.47. The average molecular weight is 292 g/mol. The van der Waals surface area contributed by atoms with Crippen molar-refractivity contribution in [1.29, 1.82) is 0 Å². The van der Waals surface area contributed by atoms with Crippen LogP contribution in [0.1, 0.15) is 50.7 Å². The molecule has 114 valence electrons. The number of hydrogen-bond acceptors (Lipinski definition) is 2. The highest BCUT2D eigenvalue weighted by atomic mass is 14.7. The third-order valence-corrected chi connectivity index (χ3v) is 4.41. The summed E-state index contributed by atoms with van der Waals surface area (Å²) in [6.07, 6.45) is 11.0. The minimum Gasteiger partial charge on any atom is -0.254 e. The molecular weight excluding hydrogens is 268 g/mol. The summed E-state index contributed by atoms with van der Waals surface area (Å²) < 4.78 is 0. The summed E-state index contributed by atoms with van der Waals surface area (Å²) in [5.41, 5.74) is 5.12. The van der Waals surface area contributed by atoms with Gasteiger partial charge in [-0.3, -0.25) is 9.97 Å². The Morgan fingerprint density at radius 3 is 1.59 bits per heavy atom. The van der Waals surface area contributed by atoms with Crippen LogP contribution in [0.15, 0.2) is 36.7 Å². The van der Waals surface area contributed by atoms with Crippen LogP contribution in [-0.2, 0) is 12.8 Å². The molecule has 22 heavy (non-hydrogen) atoms. The molecule has 0 aliphatic heterocycles. The van der Waals surface area contributed by atoms with E-state index in [9.17, 15) is 0 Å². The van der Waals surface area contributed by atoms with Gasteiger partial charge in [-0.05, 0) is 48.9 Å². The molecule has 0 unspecified atom stereocenters. The Hall–Kier alpha value is -1.96. The number of unbranched alkanes of at least 4 members (excludes halogenated alkanes) is 2. The normalized spacial score (nSPS) is 11.4. The third-order valence-electron chi connectivity index (χ3n) is 4.41. The van der Waals surface area contributed by atoms with Gasteiger partial charge in [-0.2, -0.15) is 0 Å². The first-order valence-electron chi connectivity index (χ1n) is 8.50. The molecule has 0 atom stereocenters. The molecule has 2 nitrogen and oxygen atoms in total. The molecule has 0 fully saturated rings. The lowest BCUT2D eigenvalue weighted by atomic mass is 9.90. The molecule has 3 aromatic rings. The van der Waals surface area contributed by atoms with Crippen LogP contribution in [0.5, 0.6) is 0 Å². The SMILES string of the molecule is CCCCc1c(CCCC)c2cccnc2c2ncccc12. The quantitative estimate of drug-likeness (QED) is 0.563.